The van der Waals surface area contributed by atoms with Gasteiger partial charge in [-0.2, -0.15) is 0 Å². The molecule has 0 saturated carbocycles. The van der Waals surface area contributed by atoms with Crippen molar-refractivity contribution < 1.29 is 9.66 Å². The first-order chi connectivity index (χ1) is 9.92. The Labute approximate surface area is 126 Å². The maximum Gasteiger partial charge on any atom is 0.273 e. The zero-order chi connectivity index (χ0) is 15.5. The van der Waals surface area contributed by atoms with Gasteiger partial charge in [0.15, 0.2) is 0 Å². The lowest BCUT2D eigenvalue weighted by atomic mass is 10.1. The van der Waals surface area contributed by atoms with Crippen LogP contribution >= 0.6 is 11.3 Å². The molecule has 0 fully saturated rings. The van der Waals surface area contributed by atoms with Crippen molar-refractivity contribution in [3.63, 3.8) is 0 Å². The number of methoxy groups -OCH3 is 1. The number of non-ortho nitro benzene ring substituents is 1. The number of ether oxygens (including phenoxy) is 1. The second-order valence-corrected chi connectivity index (χ2v) is 6.01. The van der Waals surface area contributed by atoms with Crippen molar-refractivity contribution in [3.05, 3.63) is 50.5 Å². The Kier molecular flexibility index (Phi) is 4.54. The van der Waals surface area contributed by atoms with E-state index in [-0.39, 0.29) is 11.2 Å². The molecule has 0 atom stereocenters. The number of nitrogens with one attached hydrogen (secondary N) is 1. The molecule has 0 radical (unpaired) electrons. The lowest BCUT2D eigenvalue weighted by Crippen LogP contribution is -2.35. The van der Waals surface area contributed by atoms with Crippen LogP contribution in [0.5, 0.6) is 5.75 Å². The molecule has 0 aliphatic carbocycles. The van der Waals surface area contributed by atoms with Crippen LogP contribution in [0.25, 0.3) is 0 Å². The van der Waals surface area contributed by atoms with E-state index >= 15 is 0 Å². The molecule has 1 aromatic heterocycles. The first-order valence-electron chi connectivity index (χ1n) is 6.40. The predicted octanol–water partition coefficient (Wildman–Crippen LogP) is 3.08. The van der Waals surface area contributed by atoms with Crippen LogP contribution in [0.4, 0.5) is 5.69 Å². The summed E-state index contributed by atoms with van der Waals surface area (Å²) in [6.45, 7) is 4.55. The van der Waals surface area contributed by atoms with Crippen LogP contribution in [-0.2, 0) is 12.1 Å². The molecule has 21 heavy (non-hydrogen) atoms. The predicted molar refractivity (Wildman–Crippen MR) is 81.6 cm³/mol. The number of hydrogen-bond donors (Lipinski definition) is 1. The summed E-state index contributed by atoms with van der Waals surface area (Å²) in [6.07, 6.45) is 1.76. The molecule has 2 aromatic rings. The minimum Gasteiger partial charge on any atom is -0.496 e. The van der Waals surface area contributed by atoms with Crippen LogP contribution in [-0.4, -0.2) is 17.0 Å². The normalized spacial score (nSPS) is 11.4. The third kappa shape index (κ3) is 3.77. The first kappa shape index (κ1) is 15.4. The van der Waals surface area contributed by atoms with Gasteiger partial charge in [-0.3, -0.25) is 10.1 Å². The Hall–Kier alpha value is -1.99. The quantitative estimate of drug-likeness (QED) is 0.655. The molecular formula is C14H17N3O3S. The van der Waals surface area contributed by atoms with Crippen molar-refractivity contribution in [3.8, 4) is 5.75 Å². The molecule has 112 valence electrons. The molecule has 0 bridgehead atoms. The van der Waals surface area contributed by atoms with Gasteiger partial charge < -0.3 is 10.1 Å². The fourth-order valence-corrected chi connectivity index (χ4v) is 2.64. The van der Waals surface area contributed by atoms with E-state index in [1.54, 1.807) is 29.7 Å². The molecule has 1 aromatic carbocycles. The van der Waals surface area contributed by atoms with Crippen LogP contribution in [0.15, 0.2) is 29.8 Å². The average Bonchev–Trinajstić information content (AvgIpc) is 3.00. The summed E-state index contributed by atoms with van der Waals surface area (Å²) >= 11 is 1.57. The highest BCUT2D eigenvalue weighted by molar-refractivity contribution is 7.09. The molecule has 0 saturated heterocycles. The summed E-state index contributed by atoms with van der Waals surface area (Å²) in [5.74, 6) is 0.480. The van der Waals surface area contributed by atoms with Crippen LogP contribution in [0.3, 0.4) is 0 Å². The van der Waals surface area contributed by atoms with Crippen LogP contribution in [0, 0.1) is 10.1 Å². The molecule has 0 aliphatic rings. The Balaban J connectivity index is 2.16. The molecule has 2 rings (SSSR count). The van der Waals surface area contributed by atoms with Crippen molar-refractivity contribution in [2.24, 2.45) is 0 Å². The summed E-state index contributed by atoms with van der Waals surface area (Å²) in [6, 6.07) is 4.75. The van der Waals surface area contributed by atoms with E-state index in [1.165, 1.54) is 13.2 Å². The maximum absolute atomic E-state index is 10.9. The number of hydrogen-bond acceptors (Lipinski definition) is 6. The topological polar surface area (TPSA) is 77.3 Å². The van der Waals surface area contributed by atoms with Gasteiger partial charge in [-0.25, -0.2) is 4.98 Å². The van der Waals surface area contributed by atoms with Crippen molar-refractivity contribution in [2.45, 2.75) is 25.9 Å². The van der Waals surface area contributed by atoms with Gasteiger partial charge in [-0.05, 0) is 25.5 Å². The Morgan fingerprint density at radius 1 is 1.43 bits per heavy atom. The molecule has 1 N–H and O–H groups in total. The van der Waals surface area contributed by atoms with Gasteiger partial charge >= 0.3 is 0 Å². The standard InChI is InChI=1S/C14H17N3O3S/c1-14(2,13-15-4-5-21-13)16-9-10-6-11(17(18)19)8-12(7-10)20-3/h4-8,16H,9H2,1-3H3. The third-order valence-corrected chi connectivity index (χ3v) is 4.20. The van der Waals surface area contributed by atoms with Crippen LogP contribution in [0.2, 0.25) is 0 Å². The van der Waals surface area contributed by atoms with Gasteiger partial charge in [0.1, 0.15) is 10.8 Å². The van der Waals surface area contributed by atoms with E-state index in [2.05, 4.69) is 10.3 Å². The van der Waals surface area contributed by atoms with E-state index < -0.39 is 4.92 Å². The summed E-state index contributed by atoms with van der Waals surface area (Å²) in [7, 11) is 1.50. The first-order valence-corrected chi connectivity index (χ1v) is 7.27. The Bertz CT molecular complexity index is 626. The Morgan fingerprint density at radius 2 is 2.19 bits per heavy atom. The number of thiazole rings is 1. The molecule has 1 heterocycles. The number of nitro groups is 1. The van der Waals surface area contributed by atoms with E-state index in [1.807, 2.05) is 19.2 Å². The van der Waals surface area contributed by atoms with Crippen molar-refractivity contribution in [1.29, 1.82) is 0 Å². The van der Waals surface area contributed by atoms with Crippen molar-refractivity contribution in [2.75, 3.05) is 7.11 Å². The maximum atomic E-state index is 10.9. The van der Waals surface area contributed by atoms with Crippen LogP contribution in [0.1, 0.15) is 24.4 Å². The number of benzene rings is 1. The lowest BCUT2D eigenvalue weighted by Gasteiger charge is -2.24. The highest BCUT2D eigenvalue weighted by Gasteiger charge is 2.22. The zero-order valence-corrected chi connectivity index (χ0v) is 12.9. The fraction of sp³-hybridized carbons (Fsp3) is 0.357. The monoisotopic (exact) mass is 307 g/mol. The van der Waals surface area contributed by atoms with Gasteiger partial charge in [0.2, 0.25) is 0 Å². The lowest BCUT2D eigenvalue weighted by molar-refractivity contribution is -0.385. The third-order valence-electron chi connectivity index (χ3n) is 3.10. The molecular weight excluding hydrogens is 290 g/mol. The minimum absolute atomic E-state index is 0.0261. The summed E-state index contributed by atoms with van der Waals surface area (Å²) in [5.41, 5.74) is 0.523. The zero-order valence-electron chi connectivity index (χ0n) is 12.1. The molecule has 0 spiro atoms. The fourth-order valence-electron chi connectivity index (χ4n) is 1.90. The molecule has 6 nitrogen and oxygen atoms in total. The van der Waals surface area contributed by atoms with Gasteiger partial charge in [0.25, 0.3) is 5.69 Å². The Morgan fingerprint density at radius 3 is 2.76 bits per heavy atom. The molecule has 0 aliphatic heterocycles. The van der Waals surface area contributed by atoms with E-state index in [4.69, 9.17) is 4.74 Å². The van der Waals surface area contributed by atoms with Crippen LogP contribution < -0.4 is 10.1 Å². The minimum atomic E-state index is -0.419. The molecule has 7 heteroatoms. The van der Waals surface area contributed by atoms with E-state index in [9.17, 15) is 10.1 Å². The van der Waals surface area contributed by atoms with Crippen molar-refractivity contribution in [1.82, 2.24) is 10.3 Å². The highest BCUT2D eigenvalue weighted by atomic mass is 32.1. The second kappa shape index (κ2) is 6.19. The largest absolute Gasteiger partial charge is 0.496 e. The van der Waals surface area contributed by atoms with E-state index in [0.717, 1.165) is 10.6 Å². The molecule has 0 amide bonds. The average molecular weight is 307 g/mol. The summed E-state index contributed by atoms with van der Waals surface area (Å²) in [4.78, 5) is 14.8. The SMILES string of the molecule is COc1cc(CNC(C)(C)c2nccs2)cc([N+](=O)[O-])c1. The van der Waals surface area contributed by atoms with Crippen molar-refractivity contribution >= 4 is 17.0 Å². The number of aromatic nitrogens is 1. The number of rotatable bonds is 6. The van der Waals surface area contributed by atoms with Gasteiger partial charge in [-0.1, -0.05) is 0 Å². The number of nitrogens with zero attached hydrogens (tertiary/aromatic N) is 2. The number of nitro benzene ring substituents is 1. The van der Waals surface area contributed by atoms with Gasteiger partial charge in [0.05, 0.1) is 23.6 Å². The molecule has 0 unspecified atom stereocenters. The van der Waals surface area contributed by atoms with Gasteiger partial charge in [0, 0.05) is 24.2 Å². The van der Waals surface area contributed by atoms with E-state index in [0.29, 0.717) is 12.3 Å². The smallest absolute Gasteiger partial charge is 0.273 e. The van der Waals surface area contributed by atoms with Gasteiger partial charge in [-0.15, -0.1) is 11.3 Å². The highest BCUT2D eigenvalue weighted by Crippen LogP contribution is 2.25. The summed E-state index contributed by atoms with van der Waals surface area (Å²) < 4.78 is 5.11. The second-order valence-electron chi connectivity index (χ2n) is 5.11. The summed E-state index contributed by atoms with van der Waals surface area (Å²) in [5, 5.41) is 17.2.